The van der Waals surface area contributed by atoms with E-state index >= 15 is 0 Å². The Bertz CT molecular complexity index is 300. The topological polar surface area (TPSA) is 70.0 Å². The summed E-state index contributed by atoms with van der Waals surface area (Å²) in [7, 11) is 0. The molecule has 1 rings (SSSR count). The first-order valence-corrected chi connectivity index (χ1v) is 4.14. The van der Waals surface area contributed by atoms with Crippen LogP contribution in [0, 0.1) is 17.2 Å². The molecule has 0 saturated heterocycles. The second-order valence-corrected chi connectivity index (χ2v) is 2.93. The third kappa shape index (κ3) is 2.77. The minimum Gasteiger partial charge on any atom is -0.508 e. The monoisotopic (exact) mass is 176 g/mol. The molecule has 0 amide bonds. The molecule has 0 radical (unpaired) electrons. The Kier molecular flexibility index (Phi) is 3.30. The van der Waals surface area contributed by atoms with Crippen molar-refractivity contribution in [2.45, 2.75) is 6.42 Å². The van der Waals surface area contributed by atoms with Gasteiger partial charge in [0.15, 0.2) is 0 Å². The van der Waals surface area contributed by atoms with Crippen LogP contribution in [0.4, 0.5) is 0 Å². The number of rotatable bonds is 3. The molecule has 1 aromatic carbocycles. The fraction of sp³-hybridized carbons (Fsp3) is 0.300. The summed E-state index contributed by atoms with van der Waals surface area (Å²) in [6, 6.07) is 8.95. The van der Waals surface area contributed by atoms with E-state index in [1.807, 2.05) is 0 Å². The van der Waals surface area contributed by atoms with E-state index in [4.69, 9.17) is 16.1 Å². The Labute approximate surface area is 77.4 Å². The number of nitrogens with zero attached hydrogens (tertiary/aromatic N) is 1. The average molecular weight is 176 g/mol. The molecular weight excluding hydrogens is 164 g/mol. The van der Waals surface area contributed by atoms with Crippen LogP contribution in [-0.2, 0) is 6.42 Å². The van der Waals surface area contributed by atoms with Crippen LogP contribution in [0.2, 0.25) is 0 Å². The largest absolute Gasteiger partial charge is 0.508 e. The third-order valence-electron chi connectivity index (χ3n) is 1.89. The molecule has 0 bridgehead atoms. The fourth-order valence-corrected chi connectivity index (χ4v) is 1.10. The molecule has 0 aliphatic rings. The first-order valence-electron chi connectivity index (χ1n) is 4.14. The Hall–Kier alpha value is -1.53. The van der Waals surface area contributed by atoms with E-state index in [1.54, 1.807) is 24.3 Å². The molecule has 3 nitrogen and oxygen atoms in total. The molecule has 3 heteroatoms. The average Bonchev–Trinajstić information content (AvgIpc) is 2.17. The molecule has 0 spiro atoms. The lowest BCUT2D eigenvalue weighted by Crippen LogP contribution is -2.14. The zero-order chi connectivity index (χ0) is 9.68. The van der Waals surface area contributed by atoms with Crippen molar-refractivity contribution >= 4 is 0 Å². The van der Waals surface area contributed by atoms with Crippen LogP contribution in [0.3, 0.4) is 0 Å². The molecule has 0 heterocycles. The summed E-state index contributed by atoms with van der Waals surface area (Å²) < 4.78 is 0. The summed E-state index contributed by atoms with van der Waals surface area (Å²) in [6.45, 7) is 0.372. The van der Waals surface area contributed by atoms with Gasteiger partial charge in [-0.15, -0.1) is 0 Å². The van der Waals surface area contributed by atoms with Gasteiger partial charge in [0.05, 0.1) is 12.0 Å². The van der Waals surface area contributed by atoms with Gasteiger partial charge in [-0.3, -0.25) is 0 Å². The number of aromatic hydroxyl groups is 1. The van der Waals surface area contributed by atoms with Crippen LogP contribution in [-0.4, -0.2) is 11.7 Å². The van der Waals surface area contributed by atoms with Crippen LogP contribution in [0.25, 0.3) is 0 Å². The van der Waals surface area contributed by atoms with Crippen molar-refractivity contribution in [3.63, 3.8) is 0 Å². The molecule has 0 aliphatic heterocycles. The maximum atomic E-state index is 9.02. The lowest BCUT2D eigenvalue weighted by molar-refractivity contribution is 0.475. The first-order chi connectivity index (χ1) is 6.26. The lowest BCUT2D eigenvalue weighted by atomic mass is 10.0. The zero-order valence-corrected chi connectivity index (χ0v) is 7.27. The molecule has 0 fully saturated rings. The summed E-state index contributed by atoms with van der Waals surface area (Å²) in [5, 5.41) is 17.7. The highest BCUT2D eigenvalue weighted by Crippen LogP contribution is 2.12. The number of nitriles is 1. The fourth-order valence-electron chi connectivity index (χ4n) is 1.10. The number of hydrogen-bond acceptors (Lipinski definition) is 3. The second-order valence-electron chi connectivity index (χ2n) is 2.93. The van der Waals surface area contributed by atoms with E-state index in [0.717, 1.165) is 5.56 Å². The van der Waals surface area contributed by atoms with Crippen molar-refractivity contribution < 1.29 is 5.11 Å². The number of nitrogens with two attached hydrogens (primary N) is 1. The quantitative estimate of drug-likeness (QED) is 0.722. The second kappa shape index (κ2) is 4.48. The van der Waals surface area contributed by atoms with Gasteiger partial charge in [0.25, 0.3) is 0 Å². The van der Waals surface area contributed by atoms with Crippen LogP contribution < -0.4 is 5.73 Å². The number of phenolic OH excluding ortho intramolecular Hbond substituents is 1. The molecule has 3 N–H and O–H groups in total. The smallest absolute Gasteiger partial charge is 0.115 e. The Balaban J connectivity index is 2.64. The van der Waals surface area contributed by atoms with Crippen molar-refractivity contribution in [2.75, 3.05) is 6.54 Å². The molecule has 1 aromatic rings. The van der Waals surface area contributed by atoms with Gasteiger partial charge in [-0.05, 0) is 24.1 Å². The van der Waals surface area contributed by atoms with E-state index in [0.29, 0.717) is 13.0 Å². The highest BCUT2D eigenvalue weighted by molar-refractivity contribution is 5.26. The van der Waals surface area contributed by atoms with Gasteiger partial charge in [-0.2, -0.15) is 5.26 Å². The molecule has 0 saturated carbocycles. The zero-order valence-electron chi connectivity index (χ0n) is 7.27. The number of hydrogen-bond donors (Lipinski definition) is 2. The Morgan fingerprint density at radius 3 is 2.46 bits per heavy atom. The SMILES string of the molecule is N#CC(CN)Cc1ccc(O)cc1. The van der Waals surface area contributed by atoms with E-state index in [-0.39, 0.29) is 11.7 Å². The highest BCUT2D eigenvalue weighted by atomic mass is 16.3. The summed E-state index contributed by atoms with van der Waals surface area (Å²) >= 11 is 0. The molecule has 0 aliphatic carbocycles. The van der Waals surface area contributed by atoms with Crippen molar-refractivity contribution in [3.8, 4) is 11.8 Å². The van der Waals surface area contributed by atoms with Gasteiger partial charge >= 0.3 is 0 Å². The van der Waals surface area contributed by atoms with E-state index in [9.17, 15) is 0 Å². The minimum atomic E-state index is -0.135. The van der Waals surface area contributed by atoms with Crippen LogP contribution in [0.1, 0.15) is 5.56 Å². The van der Waals surface area contributed by atoms with Crippen molar-refractivity contribution in [1.82, 2.24) is 0 Å². The Morgan fingerprint density at radius 2 is 2.00 bits per heavy atom. The predicted octanol–water partition coefficient (Wildman–Crippen LogP) is 1.03. The molecule has 0 aromatic heterocycles. The van der Waals surface area contributed by atoms with Crippen LogP contribution in [0.5, 0.6) is 5.75 Å². The standard InChI is InChI=1S/C10H12N2O/c11-6-9(7-12)5-8-1-3-10(13)4-2-8/h1-4,9,13H,5-6,11H2. The first kappa shape index (κ1) is 9.56. The maximum Gasteiger partial charge on any atom is 0.115 e. The van der Waals surface area contributed by atoms with Crippen molar-refractivity contribution in [1.29, 1.82) is 5.26 Å². The van der Waals surface area contributed by atoms with Crippen molar-refractivity contribution in [2.24, 2.45) is 11.7 Å². The highest BCUT2D eigenvalue weighted by Gasteiger charge is 2.05. The van der Waals surface area contributed by atoms with E-state index < -0.39 is 0 Å². The summed E-state index contributed by atoms with van der Waals surface area (Å²) in [5.41, 5.74) is 6.41. The molecule has 13 heavy (non-hydrogen) atoms. The van der Waals surface area contributed by atoms with Crippen LogP contribution >= 0.6 is 0 Å². The van der Waals surface area contributed by atoms with E-state index in [1.165, 1.54) is 0 Å². The molecular formula is C10H12N2O. The van der Waals surface area contributed by atoms with Gasteiger partial charge in [-0.25, -0.2) is 0 Å². The normalized spacial score (nSPS) is 12.0. The Morgan fingerprint density at radius 1 is 1.38 bits per heavy atom. The van der Waals surface area contributed by atoms with Gasteiger partial charge in [0.2, 0.25) is 0 Å². The summed E-state index contributed by atoms with van der Waals surface area (Å²) in [5.74, 6) is 0.106. The molecule has 1 unspecified atom stereocenters. The lowest BCUT2D eigenvalue weighted by Gasteiger charge is -2.05. The van der Waals surface area contributed by atoms with E-state index in [2.05, 4.69) is 6.07 Å². The van der Waals surface area contributed by atoms with Crippen molar-refractivity contribution in [3.05, 3.63) is 29.8 Å². The summed E-state index contributed by atoms with van der Waals surface area (Å²) in [4.78, 5) is 0. The van der Waals surface area contributed by atoms with Gasteiger partial charge in [0.1, 0.15) is 5.75 Å². The van der Waals surface area contributed by atoms with Gasteiger partial charge in [-0.1, -0.05) is 12.1 Å². The number of benzene rings is 1. The van der Waals surface area contributed by atoms with Gasteiger partial charge < -0.3 is 10.8 Å². The predicted molar refractivity (Wildman–Crippen MR) is 50.0 cm³/mol. The molecule has 1 atom stereocenters. The minimum absolute atomic E-state index is 0.135. The van der Waals surface area contributed by atoms with Gasteiger partial charge in [0, 0.05) is 6.54 Å². The van der Waals surface area contributed by atoms with Crippen LogP contribution in [0.15, 0.2) is 24.3 Å². The molecule has 68 valence electrons. The summed E-state index contributed by atoms with van der Waals surface area (Å²) in [6.07, 6.45) is 0.646. The third-order valence-corrected chi connectivity index (χ3v) is 1.89. The number of phenols is 1. The maximum absolute atomic E-state index is 9.02.